The molecule has 0 unspecified atom stereocenters. The third kappa shape index (κ3) is 1.88. The molecule has 2 N–H and O–H groups in total. The van der Waals surface area contributed by atoms with Gasteiger partial charge in [0, 0.05) is 31.3 Å². The Kier molecular flexibility index (Phi) is 3.00. The lowest BCUT2D eigenvalue weighted by atomic mass is 10.1. The van der Waals surface area contributed by atoms with Gasteiger partial charge in [-0.15, -0.1) is 0 Å². The molecule has 5 nitrogen and oxygen atoms in total. The van der Waals surface area contributed by atoms with Gasteiger partial charge in [-0.05, 0) is 0 Å². The van der Waals surface area contributed by atoms with Crippen molar-refractivity contribution in [3.63, 3.8) is 0 Å². The molecule has 2 heterocycles. The zero-order valence-corrected chi connectivity index (χ0v) is 8.30. The largest absolute Gasteiger partial charge is 0.383 e. The van der Waals surface area contributed by atoms with Crippen LogP contribution in [0.3, 0.4) is 0 Å². The molecular formula is C9H15N3O2. The summed E-state index contributed by atoms with van der Waals surface area (Å²) in [5.41, 5.74) is 2.35. The first kappa shape index (κ1) is 9.48. The van der Waals surface area contributed by atoms with Crippen molar-refractivity contribution in [2.24, 2.45) is 0 Å². The van der Waals surface area contributed by atoms with Crippen molar-refractivity contribution in [2.45, 2.75) is 13.0 Å². The van der Waals surface area contributed by atoms with Crippen LogP contribution in [0.2, 0.25) is 0 Å². The Balaban J connectivity index is 1.99. The number of fused-ring (bicyclic) bond motifs is 1. The normalized spacial score (nSPS) is 15.2. The standard InChI is InChI=1S/C9H15N3O2/c1-13-5-3-10-9-7-6-14-4-2-8(7)11-12-9/h2-6H2,1H3,(H2,10,11,12). The second kappa shape index (κ2) is 4.43. The molecule has 0 aromatic carbocycles. The lowest BCUT2D eigenvalue weighted by molar-refractivity contribution is 0.110. The molecule has 1 aromatic rings. The van der Waals surface area contributed by atoms with Crippen molar-refractivity contribution < 1.29 is 9.47 Å². The highest BCUT2D eigenvalue weighted by molar-refractivity contribution is 5.46. The molecule has 2 rings (SSSR count). The number of nitrogens with zero attached hydrogens (tertiary/aromatic N) is 1. The van der Waals surface area contributed by atoms with Crippen LogP contribution in [0, 0.1) is 0 Å². The lowest BCUT2D eigenvalue weighted by Gasteiger charge is -2.12. The van der Waals surface area contributed by atoms with Gasteiger partial charge < -0.3 is 14.8 Å². The van der Waals surface area contributed by atoms with E-state index in [2.05, 4.69) is 15.5 Å². The molecule has 0 fully saturated rings. The molecule has 5 heteroatoms. The first-order valence-corrected chi connectivity index (χ1v) is 4.78. The quantitative estimate of drug-likeness (QED) is 0.692. The predicted molar refractivity (Wildman–Crippen MR) is 52.3 cm³/mol. The van der Waals surface area contributed by atoms with Crippen molar-refractivity contribution >= 4 is 5.82 Å². The van der Waals surface area contributed by atoms with Gasteiger partial charge in [0.2, 0.25) is 0 Å². The summed E-state index contributed by atoms with van der Waals surface area (Å²) in [7, 11) is 1.69. The molecule has 1 aliphatic heterocycles. The molecule has 78 valence electrons. The van der Waals surface area contributed by atoms with Crippen molar-refractivity contribution in [1.82, 2.24) is 10.2 Å². The Morgan fingerprint density at radius 1 is 1.64 bits per heavy atom. The van der Waals surface area contributed by atoms with Crippen molar-refractivity contribution in [3.8, 4) is 0 Å². The fourth-order valence-electron chi connectivity index (χ4n) is 1.53. The van der Waals surface area contributed by atoms with Crippen LogP contribution in [0.4, 0.5) is 5.82 Å². The summed E-state index contributed by atoms with van der Waals surface area (Å²) < 4.78 is 10.3. The molecule has 0 bridgehead atoms. The summed E-state index contributed by atoms with van der Waals surface area (Å²) in [5.74, 6) is 0.900. The molecule has 1 aromatic heterocycles. The summed E-state index contributed by atoms with van der Waals surface area (Å²) in [6.45, 7) is 2.89. The molecule has 0 aliphatic carbocycles. The minimum absolute atomic E-state index is 0.654. The number of ether oxygens (including phenoxy) is 2. The number of methoxy groups -OCH3 is 1. The van der Waals surface area contributed by atoms with Crippen LogP contribution >= 0.6 is 0 Å². The maximum Gasteiger partial charge on any atom is 0.153 e. The highest BCUT2D eigenvalue weighted by atomic mass is 16.5. The van der Waals surface area contributed by atoms with Crippen LogP contribution in [0.25, 0.3) is 0 Å². The molecule has 14 heavy (non-hydrogen) atoms. The molecule has 0 saturated carbocycles. The van der Waals surface area contributed by atoms with Crippen LogP contribution in [0.1, 0.15) is 11.3 Å². The molecule has 0 atom stereocenters. The van der Waals surface area contributed by atoms with Crippen LogP contribution in [0.5, 0.6) is 0 Å². The maximum atomic E-state index is 5.37. The average molecular weight is 197 g/mol. The van der Waals surface area contributed by atoms with Crippen LogP contribution in [0.15, 0.2) is 0 Å². The van der Waals surface area contributed by atoms with Gasteiger partial charge in [0.05, 0.1) is 19.8 Å². The minimum Gasteiger partial charge on any atom is -0.383 e. The maximum absolute atomic E-state index is 5.37. The van der Waals surface area contributed by atoms with Crippen LogP contribution in [-0.4, -0.2) is 37.1 Å². The highest BCUT2D eigenvalue weighted by Gasteiger charge is 2.16. The summed E-state index contributed by atoms with van der Waals surface area (Å²) in [4.78, 5) is 0. The van der Waals surface area contributed by atoms with Gasteiger partial charge in [0.15, 0.2) is 5.82 Å². The van der Waals surface area contributed by atoms with Crippen LogP contribution < -0.4 is 5.32 Å². The van der Waals surface area contributed by atoms with E-state index >= 15 is 0 Å². The van der Waals surface area contributed by atoms with Gasteiger partial charge in [-0.1, -0.05) is 0 Å². The smallest absolute Gasteiger partial charge is 0.153 e. The van der Waals surface area contributed by atoms with E-state index in [0.717, 1.165) is 31.0 Å². The molecule has 0 spiro atoms. The van der Waals surface area contributed by atoms with Crippen LogP contribution in [-0.2, 0) is 22.5 Å². The van der Waals surface area contributed by atoms with Crippen molar-refractivity contribution in [2.75, 3.05) is 32.2 Å². The van der Waals surface area contributed by atoms with E-state index < -0.39 is 0 Å². The van der Waals surface area contributed by atoms with Gasteiger partial charge >= 0.3 is 0 Å². The Labute approximate surface area is 82.8 Å². The number of nitrogens with one attached hydrogen (secondary N) is 2. The first-order valence-electron chi connectivity index (χ1n) is 4.78. The fraction of sp³-hybridized carbons (Fsp3) is 0.667. The van der Waals surface area contributed by atoms with E-state index in [0.29, 0.717) is 13.2 Å². The number of rotatable bonds is 4. The van der Waals surface area contributed by atoms with E-state index in [1.165, 1.54) is 5.69 Å². The van der Waals surface area contributed by atoms with Crippen molar-refractivity contribution in [1.29, 1.82) is 0 Å². The third-order valence-corrected chi connectivity index (χ3v) is 2.29. The average Bonchev–Trinajstić information content (AvgIpc) is 2.63. The number of H-pyrrole nitrogens is 1. The zero-order chi connectivity index (χ0) is 9.80. The van der Waals surface area contributed by atoms with E-state index in [1.54, 1.807) is 7.11 Å². The number of anilines is 1. The number of hydrogen-bond acceptors (Lipinski definition) is 4. The Morgan fingerprint density at radius 2 is 2.57 bits per heavy atom. The number of aromatic nitrogens is 2. The molecular weight excluding hydrogens is 182 g/mol. The van der Waals surface area contributed by atoms with Gasteiger partial charge in [-0.25, -0.2) is 0 Å². The molecule has 0 saturated heterocycles. The van der Waals surface area contributed by atoms with Gasteiger partial charge in [-0.2, -0.15) is 5.10 Å². The summed E-state index contributed by atoms with van der Waals surface area (Å²) in [6.07, 6.45) is 0.925. The molecule has 0 radical (unpaired) electrons. The fourth-order valence-corrected chi connectivity index (χ4v) is 1.53. The first-order chi connectivity index (χ1) is 6.92. The SMILES string of the molecule is COCCNc1n[nH]c2c1COCC2. The van der Waals surface area contributed by atoms with E-state index in [4.69, 9.17) is 9.47 Å². The zero-order valence-electron chi connectivity index (χ0n) is 8.30. The van der Waals surface area contributed by atoms with E-state index in [9.17, 15) is 0 Å². The monoisotopic (exact) mass is 197 g/mol. The second-order valence-electron chi connectivity index (χ2n) is 3.25. The second-order valence-corrected chi connectivity index (χ2v) is 3.25. The molecule has 1 aliphatic rings. The summed E-state index contributed by atoms with van der Waals surface area (Å²) in [6, 6.07) is 0. The summed E-state index contributed by atoms with van der Waals surface area (Å²) in [5, 5.41) is 10.4. The van der Waals surface area contributed by atoms with E-state index in [-0.39, 0.29) is 0 Å². The highest BCUT2D eigenvalue weighted by Crippen LogP contribution is 2.21. The molecule has 0 amide bonds. The topological polar surface area (TPSA) is 59.2 Å². The lowest BCUT2D eigenvalue weighted by Crippen LogP contribution is -2.12. The van der Waals surface area contributed by atoms with Gasteiger partial charge in [-0.3, -0.25) is 5.10 Å². The van der Waals surface area contributed by atoms with Crippen molar-refractivity contribution in [3.05, 3.63) is 11.3 Å². The third-order valence-electron chi connectivity index (χ3n) is 2.29. The minimum atomic E-state index is 0.654. The summed E-state index contributed by atoms with van der Waals surface area (Å²) >= 11 is 0. The van der Waals surface area contributed by atoms with Gasteiger partial charge in [0.25, 0.3) is 0 Å². The Hall–Kier alpha value is -1.07. The predicted octanol–water partition coefficient (Wildman–Crippen LogP) is 0.541. The Morgan fingerprint density at radius 3 is 3.43 bits per heavy atom. The Bertz CT molecular complexity index is 298. The van der Waals surface area contributed by atoms with Gasteiger partial charge in [0.1, 0.15) is 0 Å². The number of aromatic amines is 1. The van der Waals surface area contributed by atoms with E-state index in [1.807, 2.05) is 0 Å². The number of hydrogen-bond donors (Lipinski definition) is 2.